The van der Waals surface area contributed by atoms with Crippen LogP contribution in [0.1, 0.15) is 27.7 Å². The van der Waals surface area contributed by atoms with Crippen LogP contribution in [-0.4, -0.2) is 35.8 Å². The third kappa shape index (κ3) is 4.55. The summed E-state index contributed by atoms with van der Waals surface area (Å²) in [5.41, 5.74) is 1.99. The van der Waals surface area contributed by atoms with E-state index in [2.05, 4.69) is 0 Å². The highest BCUT2D eigenvalue weighted by molar-refractivity contribution is 6.22. The van der Waals surface area contributed by atoms with Gasteiger partial charge in [0, 0.05) is 40.1 Å². The molecule has 0 aliphatic rings. The average molecular weight is 583 g/mol. The summed E-state index contributed by atoms with van der Waals surface area (Å²) in [6.45, 7) is 7.65. The Labute approximate surface area is 246 Å². The van der Waals surface area contributed by atoms with E-state index >= 15 is 0 Å². The summed E-state index contributed by atoms with van der Waals surface area (Å²) in [7, 11) is 3.11. The Balaban J connectivity index is 1.84. The molecule has 3 aromatic heterocycles. The number of hydrogen-bond acceptors (Lipinski definition) is 8. The SMILES string of the molecule is COc1cc(-c2c3c4cc(OC)c(OC(C)C)cc4oc(=O)c3n3ccc4c([N+](=O)[O-])cccc4c23)ccc1OC(C)C. The zero-order valence-corrected chi connectivity index (χ0v) is 24.6. The molecule has 0 saturated carbocycles. The van der Waals surface area contributed by atoms with Gasteiger partial charge in [-0.15, -0.1) is 0 Å². The number of aromatic nitrogens is 1. The molecule has 0 radical (unpaired) electrons. The quantitative estimate of drug-likeness (QED) is 0.103. The molecule has 43 heavy (non-hydrogen) atoms. The van der Waals surface area contributed by atoms with Crippen LogP contribution in [0.5, 0.6) is 23.0 Å². The van der Waals surface area contributed by atoms with Gasteiger partial charge in [-0.25, -0.2) is 4.79 Å². The average Bonchev–Trinajstić information content (AvgIpc) is 3.32. The van der Waals surface area contributed by atoms with Crippen LogP contribution in [0.3, 0.4) is 0 Å². The predicted molar refractivity (Wildman–Crippen MR) is 165 cm³/mol. The number of rotatable bonds is 8. The first-order chi connectivity index (χ1) is 20.6. The lowest BCUT2D eigenvalue weighted by Crippen LogP contribution is -2.07. The number of ether oxygens (including phenoxy) is 4. The molecule has 220 valence electrons. The van der Waals surface area contributed by atoms with Crippen LogP contribution in [0.4, 0.5) is 5.69 Å². The maximum Gasteiger partial charge on any atom is 0.361 e. The van der Waals surface area contributed by atoms with Crippen molar-refractivity contribution < 1.29 is 28.3 Å². The van der Waals surface area contributed by atoms with Gasteiger partial charge in [0.05, 0.1) is 42.3 Å². The Morgan fingerprint density at radius 1 is 0.791 bits per heavy atom. The topological polar surface area (TPSA) is 115 Å². The molecule has 10 heteroatoms. The predicted octanol–water partition coefficient (Wildman–Crippen LogP) is 7.52. The molecule has 0 spiro atoms. The monoisotopic (exact) mass is 582 g/mol. The van der Waals surface area contributed by atoms with Crippen LogP contribution in [0.2, 0.25) is 0 Å². The number of nitro benzene ring substituents is 1. The van der Waals surface area contributed by atoms with E-state index in [1.54, 1.807) is 49.1 Å². The zero-order valence-electron chi connectivity index (χ0n) is 24.6. The van der Waals surface area contributed by atoms with Crippen LogP contribution in [0.25, 0.3) is 49.3 Å². The highest BCUT2D eigenvalue weighted by atomic mass is 16.6. The first-order valence-corrected chi connectivity index (χ1v) is 13.8. The maximum absolute atomic E-state index is 13.7. The van der Waals surface area contributed by atoms with Crippen molar-refractivity contribution in [2.45, 2.75) is 39.9 Å². The minimum absolute atomic E-state index is 0.0384. The zero-order chi connectivity index (χ0) is 30.6. The van der Waals surface area contributed by atoms with E-state index in [4.69, 9.17) is 23.4 Å². The molecule has 6 rings (SSSR count). The molecule has 0 amide bonds. The fourth-order valence-corrected chi connectivity index (χ4v) is 5.64. The first kappa shape index (κ1) is 27.9. The number of pyridine rings is 1. The lowest BCUT2D eigenvalue weighted by atomic mass is 9.97. The Hall–Kier alpha value is -5.25. The summed E-state index contributed by atoms with van der Waals surface area (Å²) in [5, 5.41) is 14.2. The van der Waals surface area contributed by atoms with E-state index in [1.807, 2.05) is 52.0 Å². The Bertz CT molecular complexity index is 2120. The number of benzene rings is 3. The molecule has 0 atom stereocenters. The van der Waals surface area contributed by atoms with E-state index < -0.39 is 10.5 Å². The molecule has 0 N–H and O–H groups in total. The van der Waals surface area contributed by atoms with Gasteiger partial charge in [-0.1, -0.05) is 18.2 Å². The van der Waals surface area contributed by atoms with E-state index in [-0.39, 0.29) is 23.4 Å². The molecule has 0 aliphatic carbocycles. The Morgan fingerprint density at radius 2 is 1.49 bits per heavy atom. The number of fused-ring (bicyclic) bond motifs is 7. The van der Waals surface area contributed by atoms with Crippen molar-refractivity contribution in [3.63, 3.8) is 0 Å². The van der Waals surface area contributed by atoms with Crippen molar-refractivity contribution in [2.75, 3.05) is 14.2 Å². The summed E-state index contributed by atoms with van der Waals surface area (Å²) in [4.78, 5) is 25.3. The first-order valence-electron chi connectivity index (χ1n) is 13.8. The molecule has 0 unspecified atom stereocenters. The van der Waals surface area contributed by atoms with Crippen LogP contribution < -0.4 is 24.6 Å². The number of hydrogen-bond donors (Lipinski definition) is 0. The molecule has 0 aliphatic heterocycles. The van der Waals surface area contributed by atoms with E-state index in [0.29, 0.717) is 66.8 Å². The van der Waals surface area contributed by atoms with Crippen LogP contribution in [-0.2, 0) is 0 Å². The molecule has 0 bridgehead atoms. The van der Waals surface area contributed by atoms with Gasteiger partial charge in [0.25, 0.3) is 5.69 Å². The second-order valence-corrected chi connectivity index (χ2v) is 10.7. The normalized spacial score (nSPS) is 11.7. The van der Waals surface area contributed by atoms with Gasteiger partial charge < -0.3 is 27.8 Å². The summed E-state index contributed by atoms with van der Waals surface area (Å²) in [6, 6.07) is 15.6. The lowest BCUT2D eigenvalue weighted by Gasteiger charge is -2.16. The van der Waals surface area contributed by atoms with Crippen molar-refractivity contribution >= 4 is 43.8 Å². The van der Waals surface area contributed by atoms with Crippen molar-refractivity contribution in [3.8, 4) is 34.1 Å². The van der Waals surface area contributed by atoms with Gasteiger partial charge >= 0.3 is 5.63 Å². The highest BCUT2D eigenvalue weighted by Crippen LogP contribution is 2.46. The molecule has 3 aromatic carbocycles. The number of non-ortho nitro benzene ring substituents is 1. The summed E-state index contributed by atoms with van der Waals surface area (Å²) >= 11 is 0. The Kier molecular flexibility index (Phi) is 6.84. The van der Waals surface area contributed by atoms with E-state index in [0.717, 1.165) is 0 Å². The van der Waals surface area contributed by atoms with Crippen molar-refractivity contribution in [2.24, 2.45) is 0 Å². The second-order valence-electron chi connectivity index (χ2n) is 10.7. The van der Waals surface area contributed by atoms with Crippen LogP contribution in [0, 0.1) is 10.1 Å². The third-order valence-electron chi connectivity index (χ3n) is 7.24. The fourth-order valence-electron chi connectivity index (χ4n) is 5.64. The minimum atomic E-state index is -0.569. The summed E-state index contributed by atoms with van der Waals surface area (Å²) < 4.78 is 30.9. The van der Waals surface area contributed by atoms with Crippen LogP contribution in [0.15, 0.2) is 70.0 Å². The fraction of sp³-hybridized carbons (Fsp3) is 0.242. The third-order valence-corrected chi connectivity index (χ3v) is 7.24. The van der Waals surface area contributed by atoms with Gasteiger partial charge in [-0.3, -0.25) is 10.1 Å². The molecule has 10 nitrogen and oxygen atoms in total. The van der Waals surface area contributed by atoms with Gasteiger partial charge in [0.2, 0.25) is 0 Å². The summed E-state index contributed by atoms with van der Waals surface area (Å²) in [5.74, 6) is 1.98. The van der Waals surface area contributed by atoms with Gasteiger partial charge in [0.1, 0.15) is 11.1 Å². The summed E-state index contributed by atoms with van der Waals surface area (Å²) in [6.07, 6.45) is 1.44. The number of nitrogens with zero attached hydrogens (tertiary/aromatic N) is 2. The molecular weight excluding hydrogens is 552 g/mol. The van der Waals surface area contributed by atoms with E-state index in [9.17, 15) is 14.9 Å². The highest BCUT2D eigenvalue weighted by Gasteiger charge is 2.26. The smallest absolute Gasteiger partial charge is 0.361 e. The minimum Gasteiger partial charge on any atom is -0.493 e. The van der Waals surface area contributed by atoms with Crippen molar-refractivity contribution in [1.29, 1.82) is 0 Å². The van der Waals surface area contributed by atoms with Gasteiger partial charge in [0.15, 0.2) is 23.0 Å². The lowest BCUT2D eigenvalue weighted by molar-refractivity contribution is -0.383. The van der Waals surface area contributed by atoms with Gasteiger partial charge in [-0.05, 0) is 57.5 Å². The molecule has 3 heterocycles. The standard InChI is InChI=1S/C33H30N2O8/c1-17(2)41-24-11-10-19(14-26(24)39-5)29-30-22-15-27(40-6)28(42-18(3)4)16-25(22)43-33(36)32(30)34-13-12-20-21(31(29)34)8-7-9-23(20)35(37)38/h7-18H,1-6H3. The van der Waals surface area contributed by atoms with Crippen LogP contribution >= 0.6 is 0 Å². The molecular formula is C33H30N2O8. The molecule has 0 fully saturated rings. The Morgan fingerprint density at radius 3 is 2.16 bits per heavy atom. The molecule has 0 saturated heterocycles. The number of nitro groups is 1. The largest absolute Gasteiger partial charge is 0.493 e. The molecule has 6 aromatic rings. The van der Waals surface area contributed by atoms with Gasteiger partial charge in [-0.2, -0.15) is 0 Å². The van der Waals surface area contributed by atoms with E-state index in [1.165, 1.54) is 6.07 Å². The number of methoxy groups -OCH3 is 2. The van der Waals surface area contributed by atoms with Crippen molar-refractivity contribution in [3.05, 3.63) is 81.3 Å². The second kappa shape index (κ2) is 10.5. The van der Waals surface area contributed by atoms with Crippen molar-refractivity contribution in [1.82, 2.24) is 4.40 Å². The maximum atomic E-state index is 13.7.